The minimum atomic E-state index is 0.683. The molecule has 2 fully saturated rings. The predicted octanol–water partition coefficient (Wildman–Crippen LogP) is 3.79. The topological polar surface area (TPSA) is 19.0 Å². The maximum absolute atomic E-state index is 5.55. The van der Waals surface area contributed by atoms with Crippen LogP contribution in [0.4, 0.5) is 5.69 Å². The van der Waals surface area contributed by atoms with Crippen LogP contribution in [0.5, 0.6) is 5.75 Å². The number of aryl methyl sites for hydroxylation is 1. The fourth-order valence-corrected chi connectivity index (χ4v) is 4.79. The average Bonchev–Trinajstić information content (AvgIpc) is 2.75. The first kappa shape index (κ1) is 19.3. The van der Waals surface area contributed by atoms with Crippen LogP contribution >= 0.6 is 0 Å². The summed E-state index contributed by atoms with van der Waals surface area (Å²) in [6.07, 6.45) is 2.62. The minimum absolute atomic E-state index is 0.683. The third kappa shape index (κ3) is 4.34. The summed E-state index contributed by atoms with van der Waals surface area (Å²) < 4.78 is 5.55. The van der Waals surface area contributed by atoms with Gasteiger partial charge >= 0.3 is 0 Å². The molecule has 2 saturated heterocycles. The van der Waals surface area contributed by atoms with E-state index in [1.54, 1.807) is 7.11 Å². The van der Waals surface area contributed by atoms with Gasteiger partial charge in [0.2, 0.25) is 0 Å². The maximum Gasteiger partial charge on any atom is 0.123 e. The van der Waals surface area contributed by atoms with Gasteiger partial charge in [-0.2, -0.15) is 0 Å². The Labute approximate surface area is 169 Å². The fourth-order valence-electron chi connectivity index (χ4n) is 4.79. The molecule has 4 rings (SSSR count). The van der Waals surface area contributed by atoms with Gasteiger partial charge in [0.05, 0.1) is 7.11 Å². The Bertz CT molecular complexity index is 770. The van der Waals surface area contributed by atoms with Crippen LogP contribution in [0.1, 0.15) is 24.0 Å². The Morgan fingerprint density at radius 3 is 2.46 bits per heavy atom. The normalized spacial score (nSPS) is 21.6. The number of benzene rings is 2. The van der Waals surface area contributed by atoms with Gasteiger partial charge in [0, 0.05) is 56.6 Å². The zero-order chi connectivity index (χ0) is 19.3. The molecular weight excluding hydrogens is 346 g/mol. The second-order valence-corrected chi connectivity index (χ2v) is 8.15. The van der Waals surface area contributed by atoms with E-state index in [0.29, 0.717) is 6.04 Å². The Hall–Kier alpha value is -2.04. The highest BCUT2D eigenvalue weighted by molar-refractivity contribution is 5.53. The lowest BCUT2D eigenvalue weighted by Gasteiger charge is -2.44. The largest absolute Gasteiger partial charge is 0.496 e. The van der Waals surface area contributed by atoms with E-state index in [2.05, 4.69) is 70.2 Å². The number of piperazine rings is 1. The molecule has 0 bridgehead atoms. The van der Waals surface area contributed by atoms with Gasteiger partial charge in [-0.05, 0) is 44.0 Å². The van der Waals surface area contributed by atoms with Gasteiger partial charge in [0.15, 0.2) is 0 Å². The molecule has 0 N–H and O–H groups in total. The molecule has 0 aromatic heterocycles. The van der Waals surface area contributed by atoms with Gasteiger partial charge in [-0.25, -0.2) is 0 Å². The molecule has 2 aromatic carbocycles. The van der Waals surface area contributed by atoms with Crippen LogP contribution in [-0.2, 0) is 6.54 Å². The monoisotopic (exact) mass is 379 g/mol. The average molecular weight is 380 g/mol. The lowest BCUT2D eigenvalue weighted by atomic mass is 10.0. The Balaban J connectivity index is 1.33. The van der Waals surface area contributed by atoms with E-state index < -0.39 is 0 Å². The molecule has 150 valence electrons. The summed E-state index contributed by atoms with van der Waals surface area (Å²) in [5.41, 5.74) is 4.09. The van der Waals surface area contributed by atoms with Gasteiger partial charge in [0.25, 0.3) is 0 Å². The number of anilines is 1. The van der Waals surface area contributed by atoms with E-state index in [4.69, 9.17) is 4.74 Å². The summed E-state index contributed by atoms with van der Waals surface area (Å²) in [4.78, 5) is 7.89. The standard InChI is InChI=1S/C24H33N3O/c1-20-8-3-5-11-23(20)27-16-14-26(15-17-27)22-10-7-13-25(19-22)18-21-9-4-6-12-24(21)28-2/h3-6,8-9,11-12,22H,7,10,13-19H2,1-2H3/t22-/m0/s1. The molecule has 2 aliphatic rings. The van der Waals surface area contributed by atoms with Crippen molar-refractivity contribution in [1.29, 1.82) is 0 Å². The van der Waals surface area contributed by atoms with Crippen LogP contribution in [0.15, 0.2) is 48.5 Å². The second-order valence-electron chi connectivity index (χ2n) is 8.15. The third-order valence-corrected chi connectivity index (χ3v) is 6.35. The minimum Gasteiger partial charge on any atom is -0.496 e. The van der Waals surface area contributed by atoms with E-state index in [9.17, 15) is 0 Å². The molecule has 28 heavy (non-hydrogen) atoms. The lowest BCUT2D eigenvalue weighted by Crippen LogP contribution is -2.55. The van der Waals surface area contributed by atoms with Crippen LogP contribution < -0.4 is 9.64 Å². The highest BCUT2D eigenvalue weighted by atomic mass is 16.5. The van der Waals surface area contributed by atoms with Crippen LogP contribution in [0.3, 0.4) is 0 Å². The van der Waals surface area contributed by atoms with Crippen molar-refractivity contribution < 1.29 is 4.74 Å². The molecule has 2 aromatic rings. The van der Waals surface area contributed by atoms with Crippen molar-refractivity contribution in [2.45, 2.75) is 32.4 Å². The maximum atomic E-state index is 5.55. The first-order valence-corrected chi connectivity index (χ1v) is 10.6. The highest BCUT2D eigenvalue weighted by Crippen LogP contribution is 2.25. The molecule has 0 aliphatic carbocycles. The number of piperidine rings is 1. The third-order valence-electron chi connectivity index (χ3n) is 6.35. The predicted molar refractivity (Wildman–Crippen MR) is 116 cm³/mol. The second kappa shape index (κ2) is 8.97. The zero-order valence-electron chi connectivity index (χ0n) is 17.3. The first-order chi connectivity index (χ1) is 13.7. The number of hydrogen-bond acceptors (Lipinski definition) is 4. The van der Waals surface area contributed by atoms with Gasteiger partial charge < -0.3 is 9.64 Å². The SMILES string of the molecule is COc1ccccc1CN1CCC[C@H](N2CCN(c3ccccc3C)CC2)C1. The van der Waals surface area contributed by atoms with Crippen molar-refractivity contribution in [2.75, 3.05) is 51.3 Å². The Morgan fingerprint density at radius 2 is 1.68 bits per heavy atom. The van der Waals surface area contributed by atoms with Crippen molar-refractivity contribution in [3.05, 3.63) is 59.7 Å². The van der Waals surface area contributed by atoms with Gasteiger partial charge in [-0.3, -0.25) is 9.80 Å². The summed E-state index contributed by atoms with van der Waals surface area (Å²) in [6.45, 7) is 10.2. The van der Waals surface area contributed by atoms with Crippen LogP contribution in [0.25, 0.3) is 0 Å². The molecule has 0 amide bonds. The van der Waals surface area contributed by atoms with Crippen molar-refractivity contribution >= 4 is 5.69 Å². The molecule has 2 heterocycles. The summed E-state index contributed by atoms with van der Waals surface area (Å²) >= 11 is 0. The molecule has 0 saturated carbocycles. The lowest BCUT2D eigenvalue weighted by molar-refractivity contribution is 0.0883. The zero-order valence-corrected chi connectivity index (χ0v) is 17.3. The van der Waals surface area contributed by atoms with Gasteiger partial charge in [-0.1, -0.05) is 36.4 Å². The Kier molecular flexibility index (Phi) is 6.18. The van der Waals surface area contributed by atoms with E-state index in [1.165, 1.54) is 55.8 Å². The number of likely N-dealkylation sites (tertiary alicyclic amines) is 1. The smallest absolute Gasteiger partial charge is 0.123 e. The van der Waals surface area contributed by atoms with Crippen LogP contribution in [-0.4, -0.2) is 62.2 Å². The molecule has 4 nitrogen and oxygen atoms in total. The summed E-state index contributed by atoms with van der Waals surface area (Å²) in [6, 6.07) is 17.9. The highest BCUT2D eigenvalue weighted by Gasteiger charge is 2.28. The molecule has 0 spiro atoms. The van der Waals surface area contributed by atoms with Crippen LogP contribution in [0.2, 0.25) is 0 Å². The van der Waals surface area contributed by atoms with Crippen LogP contribution in [0, 0.1) is 6.92 Å². The van der Waals surface area contributed by atoms with Crippen molar-refractivity contribution in [1.82, 2.24) is 9.80 Å². The van der Waals surface area contributed by atoms with E-state index in [1.807, 2.05) is 0 Å². The summed E-state index contributed by atoms with van der Waals surface area (Å²) in [5, 5.41) is 0. The summed E-state index contributed by atoms with van der Waals surface area (Å²) in [7, 11) is 1.77. The Morgan fingerprint density at radius 1 is 0.929 bits per heavy atom. The molecular formula is C24H33N3O. The molecule has 2 aliphatic heterocycles. The molecule has 4 heteroatoms. The number of hydrogen-bond donors (Lipinski definition) is 0. The number of para-hydroxylation sites is 2. The summed E-state index contributed by atoms with van der Waals surface area (Å²) in [5.74, 6) is 1.01. The van der Waals surface area contributed by atoms with Crippen molar-refractivity contribution in [3.8, 4) is 5.75 Å². The number of rotatable bonds is 5. The fraction of sp³-hybridized carbons (Fsp3) is 0.500. The van der Waals surface area contributed by atoms with E-state index in [-0.39, 0.29) is 0 Å². The first-order valence-electron chi connectivity index (χ1n) is 10.6. The molecule has 1 atom stereocenters. The number of methoxy groups -OCH3 is 1. The molecule has 0 radical (unpaired) electrons. The van der Waals surface area contributed by atoms with Crippen molar-refractivity contribution in [3.63, 3.8) is 0 Å². The quantitative estimate of drug-likeness (QED) is 0.787. The van der Waals surface area contributed by atoms with E-state index >= 15 is 0 Å². The molecule has 0 unspecified atom stereocenters. The number of nitrogens with zero attached hydrogens (tertiary/aromatic N) is 3. The number of ether oxygens (including phenoxy) is 1. The van der Waals surface area contributed by atoms with Crippen molar-refractivity contribution in [2.24, 2.45) is 0 Å². The van der Waals surface area contributed by atoms with Gasteiger partial charge in [0.1, 0.15) is 5.75 Å². The van der Waals surface area contributed by atoms with Gasteiger partial charge in [-0.15, -0.1) is 0 Å². The van der Waals surface area contributed by atoms with E-state index in [0.717, 1.165) is 25.4 Å².